The summed E-state index contributed by atoms with van der Waals surface area (Å²) in [6.07, 6.45) is 18.3. The van der Waals surface area contributed by atoms with Gasteiger partial charge in [0.2, 0.25) is 0 Å². The van der Waals surface area contributed by atoms with Crippen molar-refractivity contribution in [1.29, 1.82) is 0 Å². The van der Waals surface area contributed by atoms with Gasteiger partial charge in [-0.3, -0.25) is 4.55 Å². The number of hydrogen-bond donors (Lipinski definition) is 2. The first-order valence-electron chi connectivity index (χ1n) is 11.6. The standard InChI is InChI=1S/C22H46O4S/c1-3-5-7-8-9-10-11-15-19-22(27(24,25)26)20-16-13-12-14-18-21(23)17-6-4-2/h21-23H,3-20H2,1-2H3,(H,24,25,26). The summed E-state index contributed by atoms with van der Waals surface area (Å²) < 4.78 is 32.7. The van der Waals surface area contributed by atoms with E-state index < -0.39 is 15.4 Å². The fourth-order valence-electron chi connectivity index (χ4n) is 3.64. The topological polar surface area (TPSA) is 74.6 Å². The van der Waals surface area contributed by atoms with Gasteiger partial charge in [-0.15, -0.1) is 0 Å². The first-order chi connectivity index (χ1) is 12.9. The van der Waals surface area contributed by atoms with Crippen LogP contribution in [-0.4, -0.2) is 29.4 Å². The minimum absolute atomic E-state index is 0.183. The molecule has 0 aliphatic heterocycles. The van der Waals surface area contributed by atoms with E-state index >= 15 is 0 Å². The van der Waals surface area contributed by atoms with Gasteiger partial charge in [0.1, 0.15) is 0 Å². The smallest absolute Gasteiger partial charge is 0.267 e. The molecule has 5 heteroatoms. The lowest BCUT2D eigenvalue weighted by atomic mass is 10.0. The Kier molecular flexibility index (Phi) is 17.8. The molecule has 2 atom stereocenters. The second kappa shape index (κ2) is 17.9. The van der Waals surface area contributed by atoms with E-state index in [1.165, 1.54) is 38.5 Å². The second-order valence-electron chi connectivity index (χ2n) is 8.19. The van der Waals surface area contributed by atoms with Gasteiger partial charge in [-0.25, -0.2) is 0 Å². The third-order valence-corrected chi connectivity index (χ3v) is 6.82. The maximum absolute atomic E-state index is 11.6. The zero-order valence-electron chi connectivity index (χ0n) is 18.0. The van der Waals surface area contributed by atoms with Crippen LogP contribution in [0, 0.1) is 0 Å². The van der Waals surface area contributed by atoms with Crippen molar-refractivity contribution >= 4 is 10.1 Å². The van der Waals surface area contributed by atoms with Crippen molar-refractivity contribution < 1.29 is 18.1 Å². The molecular formula is C22H46O4S. The van der Waals surface area contributed by atoms with Crippen molar-refractivity contribution in [2.24, 2.45) is 0 Å². The predicted molar refractivity (Wildman–Crippen MR) is 116 cm³/mol. The van der Waals surface area contributed by atoms with Gasteiger partial charge < -0.3 is 5.11 Å². The van der Waals surface area contributed by atoms with Crippen LogP contribution in [-0.2, 0) is 10.1 Å². The molecule has 27 heavy (non-hydrogen) atoms. The summed E-state index contributed by atoms with van der Waals surface area (Å²) in [5.74, 6) is 0. The molecule has 0 aromatic heterocycles. The third kappa shape index (κ3) is 17.7. The summed E-state index contributed by atoms with van der Waals surface area (Å²) in [6, 6.07) is 0. The Labute approximate surface area is 169 Å². The largest absolute Gasteiger partial charge is 0.393 e. The van der Waals surface area contributed by atoms with Crippen LogP contribution in [0.25, 0.3) is 0 Å². The minimum Gasteiger partial charge on any atom is -0.393 e. The Morgan fingerprint density at radius 2 is 0.963 bits per heavy atom. The lowest BCUT2D eigenvalue weighted by molar-refractivity contribution is 0.148. The van der Waals surface area contributed by atoms with Crippen LogP contribution in [0.15, 0.2) is 0 Å². The van der Waals surface area contributed by atoms with Crippen LogP contribution in [0.4, 0.5) is 0 Å². The summed E-state index contributed by atoms with van der Waals surface area (Å²) in [6.45, 7) is 4.35. The summed E-state index contributed by atoms with van der Waals surface area (Å²) in [7, 11) is -3.93. The molecule has 0 aromatic rings. The normalized spacial score (nSPS) is 14.4. The average molecular weight is 407 g/mol. The van der Waals surface area contributed by atoms with Crippen LogP contribution in [0.3, 0.4) is 0 Å². The Morgan fingerprint density at radius 3 is 1.41 bits per heavy atom. The molecule has 0 aromatic carbocycles. The van der Waals surface area contributed by atoms with Gasteiger partial charge in [-0.05, 0) is 25.7 Å². The molecule has 0 rings (SSSR count). The molecule has 0 saturated heterocycles. The first kappa shape index (κ1) is 26.9. The molecule has 0 fully saturated rings. The van der Waals surface area contributed by atoms with Crippen molar-refractivity contribution in [1.82, 2.24) is 0 Å². The molecular weight excluding hydrogens is 360 g/mol. The highest BCUT2D eigenvalue weighted by Crippen LogP contribution is 2.19. The molecule has 0 aliphatic rings. The fraction of sp³-hybridized carbons (Fsp3) is 1.00. The van der Waals surface area contributed by atoms with Crippen molar-refractivity contribution in [2.75, 3.05) is 0 Å². The summed E-state index contributed by atoms with van der Waals surface area (Å²) >= 11 is 0. The van der Waals surface area contributed by atoms with E-state index in [2.05, 4.69) is 13.8 Å². The number of aliphatic hydroxyl groups is 1. The zero-order chi connectivity index (χ0) is 20.4. The van der Waals surface area contributed by atoms with Crippen molar-refractivity contribution in [3.63, 3.8) is 0 Å². The molecule has 0 bridgehead atoms. The van der Waals surface area contributed by atoms with Crippen LogP contribution in [0.2, 0.25) is 0 Å². The SMILES string of the molecule is CCCCCCCCCCC(CCCCCCC(O)CCCC)S(=O)(=O)O. The van der Waals surface area contributed by atoms with Gasteiger partial charge in [0.25, 0.3) is 10.1 Å². The van der Waals surface area contributed by atoms with E-state index in [0.29, 0.717) is 12.8 Å². The highest BCUT2D eigenvalue weighted by atomic mass is 32.2. The summed E-state index contributed by atoms with van der Waals surface area (Å²) in [5, 5.41) is 9.23. The van der Waals surface area contributed by atoms with Crippen LogP contribution < -0.4 is 0 Å². The summed E-state index contributed by atoms with van der Waals surface area (Å²) in [4.78, 5) is 0. The molecule has 2 unspecified atom stereocenters. The van der Waals surface area contributed by atoms with E-state index in [4.69, 9.17) is 0 Å². The zero-order valence-corrected chi connectivity index (χ0v) is 18.8. The highest BCUT2D eigenvalue weighted by molar-refractivity contribution is 7.86. The number of unbranched alkanes of at least 4 members (excludes halogenated alkanes) is 11. The molecule has 164 valence electrons. The van der Waals surface area contributed by atoms with Crippen LogP contribution in [0.1, 0.15) is 129 Å². The molecule has 2 N–H and O–H groups in total. The maximum Gasteiger partial charge on any atom is 0.267 e. The van der Waals surface area contributed by atoms with Gasteiger partial charge in [-0.2, -0.15) is 8.42 Å². The minimum atomic E-state index is -3.93. The molecule has 0 heterocycles. The third-order valence-electron chi connectivity index (χ3n) is 5.51. The van der Waals surface area contributed by atoms with E-state index in [-0.39, 0.29) is 6.10 Å². The first-order valence-corrected chi connectivity index (χ1v) is 13.1. The van der Waals surface area contributed by atoms with Gasteiger partial charge >= 0.3 is 0 Å². The van der Waals surface area contributed by atoms with Crippen LogP contribution in [0.5, 0.6) is 0 Å². The second-order valence-corrected chi connectivity index (χ2v) is 9.88. The highest BCUT2D eigenvalue weighted by Gasteiger charge is 2.21. The lowest BCUT2D eigenvalue weighted by Gasteiger charge is -2.14. The van der Waals surface area contributed by atoms with Crippen LogP contribution >= 0.6 is 0 Å². The van der Waals surface area contributed by atoms with E-state index in [1.54, 1.807) is 0 Å². The molecule has 0 saturated carbocycles. The average Bonchev–Trinajstić information content (AvgIpc) is 2.62. The lowest BCUT2D eigenvalue weighted by Crippen LogP contribution is -2.20. The molecule has 0 aliphatic carbocycles. The molecule has 0 amide bonds. The van der Waals surface area contributed by atoms with E-state index in [9.17, 15) is 18.1 Å². The summed E-state index contributed by atoms with van der Waals surface area (Å²) in [5.41, 5.74) is 0. The number of rotatable bonds is 20. The van der Waals surface area contributed by atoms with Crippen molar-refractivity contribution in [2.45, 2.75) is 141 Å². The maximum atomic E-state index is 11.6. The van der Waals surface area contributed by atoms with Gasteiger partial charge in [0, 0.05) is 0 Å². The predicted octanol–water partition coefficient (Wildman–Crippen LogP) is 6.67. The molecule has 0 radical (unpaired) electrons. The van der Waals surface area contributed by atoms with Crippen molar-refractivity contribution in [3.8, 4) is 0 Å². The number of hydrogen-bond acceptors (Lipinski definition) is 3. The van der Waals surface area contributed by atoms with Gasteiger partial charge in [0.05, 0.1) is 11.4 Å². The van der Waals surface area contributed by atoms with Gasteiger partial charge in [-0.1, -0.05) is 104 Å². The quantitative estimate of drug-likeness (QED) is 0.175. The van der Waals surface area contributed by atoms with Crippen molar-refractivity contribution in [3.05, 3.63) is 0 Å². The van der Waals surface area contributed by atoms with E-state index in [1.807, 2.05) is 0 Å². The van der Waals surface area contributed by atoms with E-state index in [0.717, 1.165) is 64.2 Å². The Bertz CT molecular complexity index is 409. The Hall–Kier alpha value is -0.130. The Balaban J connectivity index is 3.77. The monoisotopic (exact) mass is 406 g/mol. The molecule has 0 spiro atoms. The Morgan fingerprint density at radius 1 is 0.593 bits per heavy atom. The number of aliphatic hydroxyl groups excluding tert-OH is 1. The fourth-order valence-corrected chi connectivity index (χ4v) is 4.57. The molecule has 4 nitrogen and oxygen atoms in total. The van der Waals surface area contributed by atoms with Gasteiger partial charge in [0.15, 0.2) is 0 Å².